The summed E-state index contributed by atoms with van der Waals surface area (Å²) in [5.41, 5.74) is 1.24. The summed E-state index contributed by atoms with van der Waals surface area (Å²) in [7, 11) is -2.59. The van der Waals surface area contributed by atoms with Crippen LogP contribution in [0.3, 0.4) is 0 Å². The first-order valence-electron chi connectivity index (χ1n) is 21.4. The Morgan fingerprint density at radius 2 is 1.34 bits per heavy atom. The number of esters is 2. The number of thiazole rings is 1. The number of hydrogen-bond acceptors (Lipinski definition) is 12. The molecule has 1 aromatic heterocycles. The lowest BCUT2D eigenvalue weighted by Crippen LogP contribution is -3.00. The van der Waals surface area contributed by atoms with Gasteiger partial charge in [-0.2, -0.15) is 0 Å². The Bertz CT molecular complexity index is 2660. The van der Waals surface area contributed by atoms with E-state index in [1.807, 2.05) is 115 Å². The van der Waals surface area contributed by atoms with Gasteiger partial charge in [-0.05, 0) is 68.3 Å². The first-order chi connectivity index (χ1) is 32.5. The van der Waals surface area contributed by atoms with Gasteiger partial charge in [0.1, 0.15) is 51.6 Å². The van der Waals surface area contributed by atoms with Crippen LogP contribution in [0.5, 0.6) is 0 Å². The monoisotopic (exact) mass is 1080 g/mol. The zero-order valence-corrected chi connectivity index (χ0v) is 41.9. The van der Waals surface area contributed by atoms with Crippen molar-refractivity contribution in [3.05, 3.63) is 185 Å². The van der Waals surface area contributed by atoms with Gasteiger partial charge in [0.25, 0.3) is 11.8 Å². The number of halogens is 1. The molecule has 8 rings (SSSR count). The van der Waals surface area contributed by atoms with Crippen molar-refractivity contribution < 1.29 is 62.3 Å². The molecule has 0 spiro atoms. The van der Waals surface area contributed by atoms with Crippen LogP contribution in [0.1, 0.15) is 43.7 Å². The Hall–Kier alpha value is -6.20. The number of benzene rings is 5. The number of aromatic nitrogens is 1. The van der Waals surface area contributed by atoms with Gasteiger partial charge in [0.05, 0.1) is 6.16 Å². The summed E-state index contributed by atoms with van der Waals surface area (Å²) >= 11 is 2.46. The number of oxime groups is 1. The van der Waals surface area contributed by atoms with E-state index in [-0.39, 0.29) is 46.2 Å². The van der Waals surface area contributed by atoms with Crippen molar-refractivity contribution >= 4 is 87.3 Å². The zero-order valence-electron chi connectivity index (χ0n) is 37.2. The lowest BCUT2D eigenvalue weighted by atomic mass is 10.0. The lowest BCUT2D eigenvalue weighted by Gasteiger charge is -2.50. The second kappa shape index (κ2) is 22.3. The number of ether oxygens (including phenoxy) is 2. The second-order valence-corrected chi connectivity index (χ2v) is 21.9. The summed E-state index contributed by atoms with van der Waals surface area (Å²) in [6.45, 7) is 4.49. The van der Waals surface area contributed by atoms with E-state index in [1.54, 1.807) is 20.8 Å². The maximum atomic E-state index is 15.3. The van der Waals surface area contributed by atoms with E-state index in [4.69, 9.17) is 14.3 Å². The van der Waals surface area contributed by atoms with Crippen LogP contribution in [-0.2, 0) is 38.3 Å². The van der Waals surface area contributed by atoms with Crippen molar-refractivity contribution in [2.24, 2.45) is 5.16 Å². The van der Waals surface area contributed by atoms with Gasteiger partial charge in [0.2, 0.25) is 13.0 Å². The van der Waals surface area contributed by atoms with Gasteiger partial charge in [0.15, 0.2) is 16.9 Å². The van der Waals surface area contributed by atoms with Crippen LogP contribution in [-0.4, -0.2) is 81.3 Å². The maximum absolute atomic E-state index is 15.3. The molecule has 5 aromatic carbocycles. The molecule has 1 fully saturated rings. The number of carbonyl (C=O) groups excluding carboxylic acids is 5. The summed E-state index contributed by atoms with van der Waals surface area (Å²) < 4.78 is 11.9. The first kappa shape index (κ1) is 49.7. The van der Waals surface area contributed by atoms with E-state index in [0.717, 1.165) is 44.0 Å². The minimum absolute atomic E-state index is 0. The van der Waals surface area contributed by atoms with E-state index in [1.165, 1.54) is 22.0 Å². The summed E-state index contributed by atoms with van der Waals surface area (Å²) in [6, 6.07) is 48.6. The number of carbonyl (C=O) groups is 5. The van der Waals surface area contributed by atoms with Crippen LogP contribution < -0.4 is 50.5 Å². The van der Waals surface area contributed by atoms with Gasteiger partial charge in [-0.15, -0.1) is 23.1 Å². The van der Waals surface area contributed by atoms with Crippen LogP contribution in [0.4, 0.5) is 5.13 Å². The largest absolute Gasteiger partial charge is 1.00 e. The third-order valence-electron chi connectivity index (χ3n) is 10.9. The minimum Gasteiger partial charge on any atom is -1.00 e. The normalized spacial score (nSPS) is 15.9. The van der Waals surface area contributed by atoms with Gasteiger partial charge >= 0.3 is 11.9 Å². The van der Waals surface area contributed by atoms with E-state index in [0.29, 0.717) is 18.3 Å². The Morgan fingerprint density at radius 1 is 0.824 bits per heavy atom. The van der Waals surface area contributed by atoms with Crippen LogP contribution >= 0.6 is 30.4 Å². The third kappa shape index (κ3) is 11.0. The molecular weight excluding hydrogens is 1030 g/mol. The predicted octanol–water partition coefficient (Wildman–Crippen LogP) is 3.76. The van der Waals surface area contributed by atoms with Crippen molar-refractivity contribution in [1.29, 1.82) is 0 Å². The van der Waals surface area contributed by atoms with Crippen molar-refractivity contribution in [3.8, 4) is 0 Å². The molecule has 2 atom stereocenters. The SMILES string of the molecule is CC(C)(C)OC(=O)CO/N=C(\C(=O)NC1C(=O)N2C(C(=O)OC(c3ccccc3)c3ccccc3)=C(C[P+](c3ccccc3)(c3ccccc3)c3ccccc3)CS[C@H]12)c1csc(NC=O)n1.[I-]. The predicted molar refractivity (Wildman–Crippen MR) is 263 cm³/mol. The Labute approximate surface area is 420 Å². The number of amides is 3. The highest BCUT2D eigenvalue weighted by atomic mass is 127. The molecule has 0 bridgehead atoms. The molecule has 1 saturated heterocycles. The lowest BCUT2D eigenvalue weighted by molar-refractivity contribution is -0.160. The fourth-order valence-corrected chi connectivity index (χ4v) is 14.5. The molecule has 3 heterocycles. The molecule has 2 aliphatic rings. The van der Waals surface area contributed by atoms with Gasteiger partial charge in [0, 0.05) is 16.7 Å². The van der Waals surface area contributed by atoms with Crippen molar-refractivity contribution in [3.63, 3.8) is 0 Å². The zero-order chi connectivity index (χ0) is 47.0. The summed E-state index contributed by atoms with van der Waals surface area (Å²) in [6.07, 6.45) is 0.0409. The average molecular weight is 1080 g/mol. The summed E-state index contributed by atoms with van der Waals surface area (Å²) in [5, 5.41) is 13.4. The van der Waals surface area contributed by atoms with Gasteiger partial charge < -0.3 is 48.9 Å². The molecule has 17 heteroatoms. The number of thioether (sulfide) groups is 1. The molecule has 68 heavy (non-hydrogen) atoms. The fraction of sp³-hybridized carbons (Fsp3) is 0.196. The van der Waals surface area contributed by atoms with E-state index >= 15 is 4.79 Å². The molecule has 1 unspecified atom stereocenters. The number of hydrogen-bond donors (Lipinski definition) is 2. The summed E-state index contributed by atoms with van der Waals surface area (Å²) in [4.78, 5) is 78.9. The van der Waals surface area contributed by atoms with E-state index in [2.05, 4.69) is 57.2 Å². The molecule has 2 N–H and O–H groups in total. The van der Waals surface area contributed by atoms with Gasteiger partial charge in [-0.25, -0.2) is 14.6 Å². The van der Waals surface area contributed by atoms with Crippen molar-refractivity contribution in [2.45, 2.75) is 43.9 Å². The van der Waals surface area contributed by atoms with Crippen molar-refractivity contribution in [1.82, 2.24) is 15.2 Å². The number of nitrogens with one attached hydrogen (secondary N) is 2. The molecule has 6 aromatic rings. The van der Waals surface area contributed by atoms with Crippen LogP contribution in [0, 0.1) is 0 Å². The highest BCUT2D eigenvalue weighted by Gasteiger charge is 2.57. The Balaban J connectivity index is 0.00000684. The molecule has 0 radical (unpaired) electrons. The highest BCUT2D eigenvalue weighted by Crippen LogP contribution is 2.58. The first-order valence-corrected chi connectivity index (χ1v) is 25.3. The highest BCUT2D eigenvalue weighted by molar-refractivity contribution is 8.00. The molecule has 0 aliphatic carbocycles. The maximum Gasteiger partial charge on any atom is 0.356 e. The fourth-order valence-electron chi connectivity index (χ4n) is 8.03. The molecule has 3 amide bonds. The number of rotatable bonds is 17. The second-order valence-electron chi connectivity index (χ2n) is 16.5. The molecule has 348 valence electrons. The quantitative estimate of drug-likeness (QED) is 0.0262. The molecule has 13 nitrogen and oxygen atoms in total. The van der Waals surface area contributed by atoms with Gasteiger partial charge in [-0.3, -0.25) is 19.3 Å². The molecule has 0 saturated carbocycles. The molecule has 2 aliphatic heterocycles. The topological polar surface area (TPSA) is 166 Å². The molecular formula is C51H47IN5O8PS2. The average Bonchev–Trinajstić information content (AvgIpc) is 3.81. The van der Waals surface area contributed by atoms with Crippen LogP contribution in [0.2, 0.25) is 0 Å². The smallest absolute Gasteiger partial charge is 0.356 e. The summed E-state index contributed by atoms with van der Waals surface area (Å²) in [5.74, 6) is -2.44. The third-order valence-corrected chi connectivity index (χ3v) is 17.4. The minimum atomic E-state index is -2.59. The number of fused-ring (bicyclic) bond motifs is 1. The Kier molecular flexibility index (Phi) is 16.3. The van der Waals surface area contributed by atoms with Crippen molar-refractivity contribution in [2.75, 3.05) is 23.8 Å². The number of anilines is 1. The van der Waals surface area contributed by atoms with Crippen LogP contribution in [0.15, 0.2) is 173 Å². The Morgan fingerprint density at radius 3 is 1.84 bits per heavy atom. The number of β-lactam (4-membered cyclic amide) rings is 1. The standard InChI is InChI=1S/C51H46N5O8PS2.HI/c1-51(2,3)64-41(58)29-62-55-42(40-32-67-50(53-40)52-33-57)46(59)54-43-47(60)56-44(49(61)63-45(34-19-9-4-10-20-34)35-21-11-5-12-22-35)36(31-66-48(43)56)30-65(37-23-13-6-14-24-37,38-25-15-7-16-26-38)39-27-17-8-18-28-39;/h4-28,32-33,43,45,48H,29-31H2,1-3H3,(H-,52,53,54,57,59);1H/b55-42-;/t43?,48-;/m1./s1. The van der Waals surface area contributed by atoms with E-state index in [9.17, 15) is 19.2 Å². The van der Waals surface area contributed by atoms with Crippen LogP contribution in [0.25, 0.3) is 0 Å². The van der Waals surface area contributed by atoms with E-state index < -0.39 is 60.7 Å². The van der Waals surface area contributed by atoms with Gasteiger partial charge in [-0.1, -0.05) is 120 Å². The number of nitrogens with zero attached hydrogens (tertiary/aromatic N) is 3.